The first-order valence-electron chi connectivity index (χ1n) is 13.4. The maximum absolute atomic E-state index is 13.6. The quantitative estimate of drug-likeness (QED) is 0.448. The second kappa shape index (κ2) is 10.2. The minimum atomic E-state index is -3.80. The number of hydrogen-bond acceptors (Lipinski definition) is 7. The SMILES string of the molecule is O=C(NC1CCN(C2CCC(F)(F)CC2)C1=O)c1cnc(NS(=O)(=O)CCO)cc1N1CCC2(CC1)CC2. The summed E-state index contributed by atoms with van der Waals surface area (Å²) >= 11 is 0. The van der Waals surface area contributed by atoms with Crippen molar-refractivity contribution >= 4 is 33.3 Å². The smallest absolute Gasteiger partial charge is 0.255 e. The fourth-order valence-electron chi connectivity index (χ4n) is 5.94. The van der Waals surface area contributed by atoms with Gasteiger partial charge in [0.1, 0.15) is 11.9 Å². The number of carbonyl (C=O) groups excluding carboxylic acids is 2. The number of nitrogens with zero attached hydrogens (tertiary/aromatic N) is 3. The number of nitrogens with one attached hydrogen (secondary N) is 2. The molecule has 13 heteroatoms. The van der Waals surface area contributed by atoms with Crippen molar-refractivity contribution in [1.29, 1.82) is 0 Å². The number of rotatable bonds is 8. The van der Waals surface area contributed by atoms with E-state index in [1.54, 1.807) is 4.90 Å². The van der Waals surface area contributed by atoms with Crippen LogP contribution >= 0.6 is 0 Å². The van der Waals surface area contributed by atoms with Gasteiger partial charge in [-0.1, -0.05) is 0 Å². The monoisotopic (exact) mass is 555 g/mol. The second-order valence-corrected chi connectivity index (χ2v) is 13.0. The number of amides is 2. The lowest BCUT2D eigenvalue weighted by atomic mass is 9.91. The lowest BCUT2D eigenvalue weighted by Gasteiger charge is -2.35. The van der Waals surface area contributed by atoms with E-state index in [0.717, 1.165) is 25.9 Å². The van der Waals surface area contributed by atoms with Crippen LogP contribution in [0.15, 0.2) is 12.3 Å². The van der Waals surface area contributed by atoms with Crippen molar-refractivity contribution in [2.45, 2.75) is 75.8 Å². The van der Waals surface area contributed by atoms with Crippen molar-refractivity contribution in [2.75, 3.05) is 41.6 Å². The maximum atomic E-state index is 13.6. The van der Waals surface area contributed by atoms with Gasteiger partial charge in [-0.2, -0.15) is 0 Å². The number of piperidine rings is 1. The number of anilines is 2. The molecule has 0 radical (unpaired) electrons. The Morgan fingerprint density at radius 2 is 1.76 bits per heavy atom. The van der Waals surface area contributed by atoms with E-state index in [9.17, 15) is 26.8 Å². The highest BCUT2D eigenvalue weighted by Gasteiger charge is 2.45. The van der Waals surface area contributed by atoms with Crippen molar-refractivity contribution in [3.8, 4) is 0 Å². The molecule has 4 fully saturated rings. The zero-order valence-corrected chi connectivity index (χ0v) is 22.1. The van der Waals surface area contributed by atoms with Crippen molar-refractivity contribution in [2.24, 2.45) is 5.41 Å². The van der Waals surface area contributed by atoms with Gasteiger partial charge in [0.05, 0.1) is 23.6 Å². The van der Waals surface area contributed by atoms with E-state index in [1.165, 1.54) is 25.1 Å². The van der Waals surface area contributed by atoms with Crippen LogP contribution in [0.3, 0.4) is 0 Å². The zero-order valence-electron chi connectivity index (χ0n) is 21.3. The van der Waals surface area contributed by atoms with Gasteiger partial charge in [-0.05, 0) is 50.4 Å². The molecule has 4 aliphatic rings. The summed E-state index contributed by atoms with van der Waals surface area (Å²) in [7, 11) is -3.80. The van der Waals surface area contributed by atoms with Gasteiger partial charge in [0.2, 0.25) is 21.9 Å². The fourth-order valence-corrected chi connectivity index (χ4v) is 6.71. The summed E-state index contributed by atoms with van der Waals surface area (Å²) in [5.74, 6) is -3.85. The van der Waals surface area contributed by atoms with Crippen LogP contribution in [-0.4, -0.2) is 85.2 Å². The number of pyridine rings is 1. The predicted molar refractivity (Wildman–Crippen MR) is 137 cm³/mol. The number of aromatic nitrogens is 1. The van der Waals surface area contributed by atoms with Crippen LogP contribution in [0, 0.1) is 5.41 Å². The number of carbonyl (C=O) groups is 2. The third kappa shape index (κ3) is 5.88. The lowest BCUT2D eigenvalue weighted by Crippen LogP contribution is -2.46. The topological polar surface area (TPSA) is 132 Å². The average Bonchev–Trinajstić information content (AvgIpc) is 3.52. The molecule has 2 saturated heterocycles. The Kier molecular flexibility index (Phi) is 7.27. The molecule has 3 N–H and O–H groups in total. The molecule has 2 aliphatic carbocycles. The summed E-state index contributed by atoms with van der Waals surface area (Å²) in [6.45, 7) is 1.31. The normalized spacial score (nSPS) is 25.0. The molecule has 1 unspecified atom stereocenters. The molecule has 38 heavy (non-hydrogen) atoms. The Balaban J connectivity index is 1.31. The van der Waals surface area contributed by atoms with Crippen molar-refractivity contribution in [3.05, 3.63) is 17.8 Å². The van der Waals surface area contributed by atoms with E-state index >= 15 is 0 Å². The Morgan fingerprint density at radius 1 is 1.08 bits per heavy atom. The highest BCUT2D eigenvalue weighted by molar-refractivity contribution is 7.92. The van der Waals surface area contributed by atoms with Crippen LogP contribution in [0.5, 0.6) is 0 Å². The van der Waals surface area contributed by atoms with Gasteiger partial charge >= 0.3 is 0 Å². The summed E-state index contributed by atoms with van der Waals surface area (Å²) in [6, 6.07) is 0.534. The molecule has 1 aromatic rings. The van der Waals surface area contributed by atoms with E-state index < -0.39 is 40.3 Å². The highest BCUT2D eigenvalue weighted by Crippen LogP contribution is 2.54. The van der Waals surface area contributed by atoms with Gasteiger partial charge in [0.15, 0.2) is 0 Å². The number of aliphatic hydroxyl groups is 1. The molecule has 5 rings (SSSR count). The minimum Gasteiger partial charge on any atom is -0.395 e. The minimum absolute atomic E-state index is 0.0499. The molecule has 1 spiro atoms. The standard InChI is InChI=1S/C25H35F2N5O5S/c26-25(27)4-1-17(2-5-25)32-10-3-19(23(32)35)29-22(34)18-16-28-21(30-38(36,37)14-13-33)15-20(18)31-11-8-24(6-7-24)9-12-31/h15-17,19,33H,1-14H2,(H,28,30)(H,29,34). The number of hydrogen-bond donors (Lipinski definition) is 3. The molecule has 0 aromatic carbocycles. The molecule has 1 atom stereocenters. The van der Waals surface area contributed by atoms with Gasteiger partial charge < -0.3 is 20.2 Å². The number of halogens is 2. The van der Waals surface area contributed by atoms with Gasteiger partial charge in [-0.15, -0.1) is 0 Å². The Bertz CT molecular complexity index is 1170. The first-order valence-corrected chi connectivity index (χ1v) is 15.0. The first kappa shape index (κ1) is 27.0. The summed E-state index contributed by atoms with van der Waals surface area (Å²) in [5, 5.41) is 11.8. The largest absolute Gasteiger partial charge is 0.395 e. The lowest BCUT2D eigenvalue weighted by molar-refractivity contribution is -0.134. The fraction of sp³-hybridized carbons (Fsp3) is 0.720. The van der Waals surface area contributed by atoms with Crippen molar-refractivity contribution in [1.82, 2.24) is 15.2 Å². The van der Waals surface area contributed by atoms with Gasteiger partial charge in [-0.25, -0.2) is 22.2 Å². The molecular formula is C25H35F2N5O5S. The van der Waals surface area contributed by atoms with Crippen molar-refractivity contribution < 1.29 is 31.9 Å². The highest BCUT2D eigenvalue weighted by atomic mass is 32.2. The van der Waals surface area contributed by atoms with Crippen LogP contribution in [-0.2, 0) is 14.8 Å². The molecule has 210 valence electrons. The van der Waals surface area contributed by atoms with E-state index in [1.807, 2.05) is 0 Å². The Hall–Kier alpha value is -2.54. The third-order valence-electron chi connectivity index (χ3n) is 8.54. The molecule has 3 heterocycles. The van der Waals surface area contributed by atoms with Crippen LogP contribution in [0.2, 0.25) is 0 Å². The summed E-state index contributed by atoms with van der Waals surface area (Å²) in [5.41, 5.74) is 1.16. The zero-order chi connectivity index (χ0) is 27.1. The molecule has 2 saturated carbocycles. The van der Waals surface area contributed by atoms with Crippen LogP contribution in [0.25, 0.3) is 0 Å². The molecule has 0 bridgehead atoms. The number of alkyl halides is 2. The van der Waals surface area contributed by atoms with Gasteiger partial charge in [0.25, 0.3) is 5.91 Å². The number of aliphatic hydroxyl groups excluding tert-OH is 1. The second-order valence-electron chi connectivity index (χ2n) is 11.2. The summed E-state index contributed by atoms with van der Waals surface area (Å²) in [4.78, 5) is 34.3. The molecular weight excluding hydrogens is 520 g/mol. The third-order valence-corrected chi connectivity index (χ3v) is 9.78. The van der Waals surface area contributed by atoms with E-state index in [2.05, 4.69) is 19.9 Å². The summed E-state index contributed by atoms with van der Waals surface area (Å²) < 4.78 is 53.8. The first-order chi connectivity index (χ1) is 18.0. The number of likely N-dealkylation sites (tertiary alicyclic amines) is 1. The maximum Gasteiger partial charge on any atom is 0.255 e. The van der Waals surface area contributed by atoms with E-state index in [-0.39, 0.29) is 49.0 Å². The molecule has 2 amide bonds. The van der Waals surface area contributed by atoms with E-state index in [4.69, 9.17) is 5.11 Å². The molecule has 2 aliphatic heterocycles. The average molecular weight is 556 g/mol. The molecule has 10 nitrogen and oxygen atoms in total. The van der Waals surface area contributed by atoms with Crippen molar-refractivity contribution in [3.63, 3.8) is 0 Å². The van der Waals surface area contributed by atoms with E-state index in [0.29, 0.717) is 24.1 Å². The predicted octanol–water partition coefficient (Wildman–Crippen LogP) is 2.10. The van der Waals surface area contributed by atoms with Gasteiger partial charge in [0, 0.05) is 50.8 Å². The van der Waals surface area contributed by atoms with Gasteiger partial charge in [-0.3, -0.25) is 14.3 Å². The molecule has 1 aromatic heterocycles. The van der Waals surface area contributed by atoms with Crippen LogP contribution < -0.4 is 14.9 Å². The summed E-state index contributed by atoms with van der Waals surface area (Å²) in [6.07, 6.45) is 6.10. The van der Waals surface area contributed by atoms with Crippen LogP contribution in [0.1, 0.15) is 68.1 Å². The van der Waals surface area contributed by atoms with Crippen LogP contribution in [0.4, 0.5) is 20.3 Å². The Labute approximate surface area is 221 Å². The Morgan fingerprint density at radius 3 is 2.39 bits per heavy atom. The number of sulfonamides is 1.